The summed E-state index contributed by atoms with van der Waals surface area (Å²) >= 11 is 3.77. The van der Waals surface area contributed by atoms with Crippen molar-refractivity contribution in [2.75, 3.05) is 0 Å². The zero-order valence-electron chi connectivity index (χ0n) is 26.5. The number of rotatable bonds is 10. The Morgan fingerprint density at radius 3 is 1.23 bits per heavy atom. The zero-order valence-corrected chi connectivity index (χ0v) is 28.2. The Hall–Kier alpha value is -3.77. The van der Waals surface area contributed by atoms with Gasteiger partial charge in [0.1, 0.15) is 12.2 Å². The van der Waals surface area contributed by atoms with E-state index in [2.05, 4.69) is 37.4 Å². The van der Waals surface area contributed by atoms with Gasteiger partial charge in [0.25, 0.3) is 0 Å². The van der Waals surface area contributed by atoms with Gasteiger partial charge < -0.3 is 14.9 Å². The number of aryl methyl sites for hydroxylation is 3. The highest BCUT2D eigenvalue weighted by molar-refractivity contribution is 8.31. The molecular formula is C38H46B2O5S2. The van der Waals surface area contributed by atoms with E-state index in [0.717, 1.165) is 30.9 Å². The number of carbonyl (C=O) groups excluding carboxylic acids is 2. The fourth-order valence-corrected chi connectivity index (χ4v) is 3.38. The lowest BCUT2D eigenvalue weighted by atomic mass is 10.1. The van der Waals surface area contributed by atoms with Gasteiger partial charge in [-0.3, -0.25) is 9.59 Å². The first-order valence-corrected chi connectivity index (χ1v) is 15.7. The Morgan fingerprint density at radius 2 is 1.00 bits per heavy atom. The van der Waals surface area contributed by atoms with Crippen LogP contribution in [0, 0.1) is 37.0 Å². The Labute approximate surface area is 295 Å². The van der Waals surface area contributed by atoms with Crippen LogP contribution in [0.5, 0.6) is 0 Å². The number of carbonyl (C=O) groups is 2. The smallest absolute Gasteiger partial charge is 0.303 e. The molecule has 0 aliphatic rings. The second kappa shape index (κ2) is 33.6. The lowest BCUT2D eigenvalue weighted by Crippen LogP contribution is -2.14. The quantitative estimate of drug-likeness (QED) is 0.101. The average Bonchev–Trinajstić information content (AvgIpc) is 3.10. The monoisotopic (exact) mass is 668 g/mol. The van der Waals surface area contributed by atoms with E-state index in [1.54, 1.807) is 0 Å². The minimum Gasteiger partial charge on any atom is -0.449 e. The summed E-state index contributed by atoms with van der Waals surface area (Å²) in [5.74, 6) is 6.71. The maximum absolute atomic E-state index is 10.7. The Kier molecular flexibility index (Phi) is 34.0. The number of ether oxygens (including phenoxy) is 1. The summed E-state index contributed by atoms with van der Waals surface area (Å²) < 4.78 is 4.95. The molecule has 9 heteroatoms. The number of thiol groups is 1. The zero-order chi connectivity index (χ0) is 35.0. The van der Waals surface area contributed by atoms with Gasteiger partial charge in [0, 0.05) is 13.8 Å². The fourth-order valence-electron chi connectivity index (χ4n) is 3.38. The van der Waals surface area contributed by atoms with Crippen LogP contribution in [0.4, 0.5) is 0 Å². The van der Waals surface area contributed by atoms with E-state index < -0.39 is 18.3 Å². The normalized spacial score (nSPS) is 10.7. The summed E-state index contributed by atoms with van der Waals surface area (Å²) in [5.41, 5.74) is 3.63. The van der Waals surface area contributed by atoms with Crippen molar-refractivity contribution >= 4 is 49.4 Å². The SMILES string of the molecule is C.C#CC(O)CCc1ccccc1.C#CC(O)CCc1ccccc1.C#C[C@H](CCc1ccccc1)OC(C)=O.[B]S.[B]SC(C)=O. The van der Waals surface area contributed by atoms with E-state index in [0.29, 0.717) is 19.3 Å². The van der Waals surface area contributed by atoms with Crippen LogP contribution in [0.3, 0.4) is 0 Å². The molecule has 0 fully saturated rings. The molecule has 0 heterocycles. The Bertz CT molecular complexity index is 1250. The molecule has 3 aromatic carbocycles. The van der Waals surface area contributed by atoms with Crippen molar-refractivity contribution in [1.29, 1.82) is 0 Å². The molecule has 0 saturated carbocycles. The van der Waals surface area contributed by atoms with Gasteiger partial charge in [-0.15, -0.1) is 19.3 Å². The highest BCUT2D eigenvalue weighted by Crippen LogP contribution is 2.07. The van der Waals surface area contributed by atoms with E-state index >= 15 is 0 Å². The third-order valence-corrected chi connectivity index (χ3v) is 6.01. The van der Waals surface area contributed by atoms with Gasteiger partial charge in [0.05, 0.1) is 0 Å². The van der Waals surface area contributed by atoms with Crippen molar-refractivity contribution in [1.82, 2.24) is 0 Å². The van der Waals surface area contributed by atoms with Crippen LogP contribution in [0.15, 0.2) is 91.0 Å². The first-order chi connectivity index (χ1) is 22.1. The lowest BCUT2D eigenvalue weighted by molar-refractivity contribution is -0.143. The molecule has 0 aliphatic carbocycles. The minimum absolute atomic E-state index is 0. The van der Waals surface area contributed by atoms with Gasteiger partial charge >= 0.3 is 5.97 Å². The number of benzene rings is 3. The summed E-state index contributed by atoms with van der Waals surface area (Å²) in [6, 6.07) is 30.0. The van der Waals surface area contributed by atoms with Gasteiger partial charge in [-0.05, 0) is 55.2 Å². The maximum Gasteiger partial charge on any atom is 0.303 e. The number of hydrogen-bond donors (Lipinski definition) is 3. The average molecular weight is 669 g/mol. The molecule has 3 aromatic rings. The van der Waals surface area contributed by atoms with Gasteiger partial charge in [-0.25, -0.2) is 12.5 Å². The largest absolute Gasteiger partial charge is 0.449 e. The molecule has 0 bridgehead atoms. The molecule has 246 valence electrons. The van der Waals surface area contributed by atoms with Crippen molar-refractivity contribution in [2.24, 2.45) is 0 Å². The van der Waals surface area contributed by atoms with Gasteiger partial charge in [-0.1, -0.05) is 116 Å². The fraction of sp³-hybridized carbons (Fsp3) is 0.316. The third kappa shape index (κ3) is 30.6. The topological polar surface area (TPSA) is 83.8 Å². The summed E-state index contributed by atoms with van der Waals surface area (Å²) in [4.78, 5) is 20.4. The summed E-state index contributed by atoms with van der Waals surface area (Å²) in [6.07, 6.45) is 18.2. The van der Waals surface area contributed by atoms with Gasteiger partial charge in [0.15, 0.2) is 25.5 Å². The molecule has 47 heavy (non-hydrogen) atoms. The predicted octanol–water partition coefficient (Wildman–Crippen LogP) is 6.40. The molecule has 5 nitrogen and oxygen atoms in total. The lowest BCUT2D eigenvalue weighted by Gasteiger charge is -2.10. The Balaban J connectivity index is -0.000000560. The molecule has 0 saturated heterocycles. The minimum atomic E-state index is -0.606. The second-order valence-electron chi connectivity index (χ2n) is 9.31. The van der Waals surface area contributed by atoms with Crippen molar-refractivity contribution in [3.05, 3.63) is 108 Å². The van der Waals surface area contributed by atoms with Crippen molar-refractivity contribution in [3.8, 4) is 37.0 Å². The van der Waals surface area contributed by atoms with Crippen LogP contribution in [-0.4, -0.2) is 53.9 Å². The highest BCUT2D eigenvalue weighted by atomic mass is 32.2. The van der Waals surface area contributed by atoms with E-state index in [1.807, 2.05) is 91.0 Å². The molecule has 0 aromatic heterocycles. The maximum atomic E-state index is 10.7. The highest BCUT2D eigenvalue weighted by Gasteiger charge is 2.08. The Morgan fingerprint density at radius 1 is 0.702 bits per heavy atom. The number of hydrogen-bond acceptors (Lipinski definition) is 7. The van der Waals surface area contributed by atoms with E-state index in [9.17, 15) is 9.59 Å². The predicted molar refractivity (Wildman–Crippen MR) is 204 cm³/mol. The number of aliphatic hydroxyl groups excluding tert-OH is 2. The molecule has 0 spiro atoms. The molecule has 2 unspecified atom stereocenters. The van der Waals surface area contributed by atoms with Crippen molar-refractivity contribution in [2.45, 2.75) is 78.1 Å². The van der Waals surface area contributed by atoms with Crippen LogP contribution >= 0.6 is 24.1 Å². The van der Waals surface area contributed by atoms with Gasteiger partial charge in [-0.2, -0.15) is 11.6 Å². The van der Waals surface area contributed by atoms with Crippen LogP contribution in [0.25, 0.3) is 0 Å². The summed E-state index contributed by atoms with van der Waals surface area (Å²) in [7, 11) is 8.93. The summed E-state index contributed by atoms with van der Waals surface area (Å²) in [6.45, 7) is 2.79. The number of aliphatic hydroxyl groups is 2. The third-order valence-electron chi connectivity index (χ3n) is 5.68. The van der Waals surface area contributed by atoms with Crippen LogP contribution < -0.4 is 0 Å². The van der Waals surface area contributed by atoms with Gasteiger partial charge in [0.2, 0.25) is 0 Å². The van der Waals surface area contributed by atoms with Crippen molar-refractivity contribution in [3.63, 3.8) is 0 Å². The molecule has 0 aliphatic heterocycles. The molecule has 3 rings (SSSR count). The van der Waals surface area contributed by atoms with E-state index in [4.69, 9.17) is 41.3 Å². The van der Waals surface area contributed by atoms with Crippen LogP contribution in [-0.2, 0) is 33.6 Å². The van der Waals surface area contributed by atoms with Crippen LogP contribution in [0.2, 0.25) is 0 Å². The van der Waals surface area contributed by atoms with Crippen molar-refractivity contribution < 1.29 is 24.5 Å². The van der Waals surface area contributed by atoms with E-state index in [1.165, 1.54) is 30.5 Å². The molecule has 2 N–H and O–H groups in total. The first-order valence-electron chi connectivity index (χ1n) is 14.3. The first kappa shape index (κ1) is 47.6. The molecule has 3 atom stereocenters. The standard InChI is InChI=1S/C13H14O2.2C11H12O.C2H3BOS.CH4.BHS/c1-3-13(15-11(2)14)10-9-12-7-5-4-6-8-12;2*1-2-11(12)9-8-10-6-4-3-5-7-10;1-2(4)5-3;;1-2/h1,4-8,13H,9-10H2,2H3;2*1,3-7,11-12H,8-9H2;1H3;1H4;2H/t13-;;;;;/m1...../s1. The molecular weight excluding hydrogens is 622 g/mol. The second-order valence-corrected chi connectivity index (χ2v) is 10.1. The number of terminal acetylenes is 3. The molecule has 4 radical (unpaired) electrons. The number of esters is 1. The van der Waals surface area contributed by atoms with Crippen LogP contribution in [0.1, 0.15) is 57.2 Å². The summed E-state index contributed by atoms with van der Waals surface area (Å²) in [5, 5.41) is 18.1. The molecule has 0 amide bonds. The van der Waals surface area contributed by atoms with E-state index in [-0.39, 0.29) is 18.5 Å².